The molecule has 6 heteroatoms. The lowest BCUT2D eigenvalue weighted by molar-refractivity contribution is -0.147. The van der Waals surface area contributed by atoms with Crippen molar-refractivity contribution in [2.24, 2.45) is 5.92 Å². The average Bonchev–Trinajstić information content (AvgIpc) is 2.52. The first-order chi connectivity index (χ1) is 8.17. The Labute approximate surface area is 106 Å². The van der Waals surface area contributed by atoms with E-state index in [1.165, 1.54) is 7.11 Å². The van der Waals surface area contributed by atoms with E-state index >= 15 is 0 Å². The molecule has 0 aromatic rings. The molecule has 0 spiro atoms. The van der Waals surface area contributed by atoms with E-state index in [-0.39, 0.29) is 12.3 Å². The van der Waals surface area contributed by atoms with E-state index in [4.69, 9.17) is 4.74 Å². The van der Waals surface area contributed by atoms with Crippen molar-refractivity contribution in [3.05, 3.63) is 0 Å². The van der Waals surface area contributed by atoms with Crippen molar-refractivity contribution in [2.75, 3.05) is 13.7 Å². The van der Waals surface area contributed by atoms with Crippen LogP contribution in [0.15, 0.2) is 0 Å². The minimum Gasteiger partial charge on any atom is -0.467 e. The van der Waals surface area contributed by atoms with Crippen LogP contribution in [0.2, 0.25) is 0 Å². The highest BCUT2D eigenvalue weighted by Gasteiger charge is 2.46. The number of amides is 1. The number of hydrogen-bond acceptors (Lipinski definition) is 5. The Morgan fingerprint density at radius 2 is 1.89 bits per heavy atom. The fraction of sp³-hybridized carbons (Fsp3) is 0.750. The van der Waals surface area contributed by atoms with Crippen LogP contribution in [0.1, 0.15) is 27.7 Å². The molecule has 0 aliphatic carbocycles. The van der Waals surface area contributed by atoms with Crippen molar-refractivity contribution in [1.29, 1.82) is 0 Å². The highest BCUT2D eigenvalue weighted by Crippen LogP contribution is 2.24. The maximum absolute atomic E-state index is 11.9. The summed E-state index contributed by atoms with van der Waals surface area (Å²) in [6.45, 7) is 6.66. The Hall–Kier alpha value is -1.59. The van der Waals surface area contributed by atoms with E-state index in [1.807, 2.05) is 0 Å². The number of nitrogens with zero attached hydrogens (tertiary/aromatic N) is 1. The molecule has 0 saturated carbocycles. The van der Waals surface area contributed by atoms with Gasteiger partial charge in [0.1, 0.15) is 11.6 Å². The number of likely N-dealkylation sites (tertiary alicyclic amines) is 1. The van der Waals surface area contributed by atoms with Crippen LogP contribution < -0.4 is 0 Å². The number of esters is 1. The first kappa shape index (κ1) is 14.5. The Balaban J connectivity index is 2.89. The summed E-state index contributed by atoms with van der Waals surface area (Å²) in [6, 6.07) is -0.891. The number of methoxy groups -OCH3 is 1. The van der Waals surface area contributed by atoms with Crippen molar-refractivity contribution in [1.82, 2.24) is 4.90 Å². The van der Waals surface area contributed by atoms with Gasteiger partial charge in [0.15, 0.2) is 5.78 Å². The number of ketones is 1. The summed E-state index contributed by atoms with van der Waals surface area (Å²) in [5.74, 6) is -1.33. The van der Waals surface area contributed by atoms with Gasteiger partial charge in [0.25, 0.3) is 0 Å². The number of carbonyl (C=O) groups is 3. The van der Waals surface area contributed by atoms with Crippen LogP contribution in [0.4, 0.5) is 4.79 Å². The van der Waals surface area contributed by atoms with Gasteiger partial charge in [-0.15, -0.1) is 0 Å². The normalized spacial score (nSPS) is 24.1. The van der Waals surface area contributed by atoms with E-state index in [0.29, 0.717) is 0 Å². The summed E-state index contributed by atoms with van der Waals surface area (Å²) >= 11 is 0. The van der Waals surface area contributed by atoms with Crippen LogP contribution in [-0.4, -0.2) is 48.0 Å². The number of ether oxygens (including phenoxy) is 2. The molecule has 0 aromatic carbocycles. The minimum atomic E-state index is -0.891. The number of carbonyl (C=O) groups excluding carboxylic acids is 3. The zero-order chi connectivity index (χ0) is 14.1. The molecule has 0 radical (unpaired) electrons. The van der Waals surface area contributed by atoms with Crippen LogP contribution in [0.5, 0.6) is 0 Å². The Morgan fingerprint density at radius 1 is 1.33 bits per heavy atom. The second kappa shape index (κ2) is 4.96. The van der Waals surface area contributed by atoms with E-state index in [9.17, 15) is 14.4 Å². The van der Waals surface area contributed by atoms with Crippen LogP contribution >= 0.6 is 0 Å². The molecule has 0 unspecified atom stereocenters. The van der Waals surface area contributed by atoms with Gasteiger partial charge in [0.05, 0.1) is 13.7 Å². The SMILES string of the molecule is COC(=O)[C@@H]1[C@H](C)C(=O)CN1C(=O)OC(C)(C)C. The predicted molar refractivity (Wildman–Crippen MR) is 62.9 cm³/mol. The van der Waals surface area contributed by atoms with Gasteiger partial charge in [-0.3, -0.25) is 9.69 Å². The van der Waals surface area contributed by atoms with E-state index < -0.39 is 29.6 Å². The molecule has 2 atom stereocenters. The highest BCUT2D eigenvalue weighted by atomic mass is 16.6. The van der Waals surface area contributed by atoms with Gasteiger partial charge in [0.2, 0.25) is 0 Å². The fourth-order valence-corrected chi connectivity index (χ4v) is 1.81. The fourth-order valence-electron chi connectivity index (χ4n) is 1.81. The largest absolute Gasteiger partial charge is 0.467 e. The zero-order valence-corrected chi connectivity index (χ0v) is 11.4. The maximum atomic E-state index is 11.9. The summed E-state index contributed by atoms with van der Waals surface area (Å²) in [4.78, 5) is 36.3. The Morgan fingerprint density at radius 3 is 2.33 bits per heavy atom. The molecule has 1 amide bonds. The number of rotatable bonds is 1. The summed E-state index contributed by atoms with van der Waals surface area (Å²) in [6.07, 6.45) is -0.671. The second-order valence-electron chi connectivity index (χ2n) is 5.33. The van der Waals surface area contributed by atoms with Gasteiger partial charge >= 0.3 is 12.1 Å². The maximum Gasteiger partial charge on any atom is 0.411 e. The third kappa shape index (κ3) is 3.00. The lowest BCUT2D eigenvalue weighted by atomic mass is 10.0. The first-order valence-electron chi connectivity index (χ1n) is 5.77. The summed E-state index contributed by atoms with van der Waals surface area (Å²) in [5, 5.41) is 0. The molecule has 0 aromatic heterocycles. The molecule has 0 N–H and O–H groups in total. The molecule has 1 fully saturated rings. The molecule has 0 bridgehead atoms. The molecule has 1 saturated heterocycles. The predicted octanol–water partition coefficient (Wildman–Crippen LogP) is 0.984. The molecular weight excluding hydrogens is 238 g/mol. The van der Waals surface area contributed by atoms with E-state index in [0.717, 1.165) is 4.90 Å². The van der Waals surface area contributed by atoms with Crippen molar-refractivity contribution in [3.63, 3.8) is 0 Å². The number of hydrogen-bond donors (Lipinski definition) is 0. The van der Waals surface area contributed by atoms with Gasteiger partial charge in [-0.25, -0.2) is 9.59 Å². The number of Topliss-reactive ketones (excluding diaryl/α,β-unsaturated/α-hetero) is 1. The van der Waals surface area contributed by atoms with Crippen molar-refractivity contribution >= 4 is 17.8 Å². The third-order valence-corrected chi connectivity index (χ3v) is 2.71. The van der Waals surface area contributed by atoms with Gasteiger partial charge in [0, 0.05) is 5.92 Å². The zero-order valence-electron chi connectivity index (χ0n) is 11.4. The highest BCUT2D eigenvalue weighted by molar-refractivity contribution is 5.97. The second-order valence-corrected chi connectivity index (χ2v) is 5.33. The van der Waals surface area contributed by atoms with Crippen LogP contribution in [0.3, 0.4) is 0 Å². The lowest BCUT2D eigenvalue weighted by Crippen LogP contribution is -2.45. The Bertz CT molecular complexity index is 371. The average molecular weight is 257 g/mol. The molecule has 1 rings (SSSR count). The van der Waals surface area contributed by atoms with Crippen LogP contribution in [0, 0.1) is 5.92 Å². The molecule has 1 heterocycles. The van der Waals surface area contributed by atoms with Gasteiger partial charge in [-0.1, -0.05) is 6.92 Å². The lowest BCUT2D eigenvalue weighted by Gasteiger charge is -2.27. The smallest absolute Gasteiger partial charge is 0.411 e. The van der Waals surface area contributed by atoms with E-state index in [2.05, 4.69) is 4.74 Å². The van der Waals surface area contributed by atoms with Crippen molar-refractivity contribution < 1.29 is 23.9 Å². The summed E-state index contributed by atoms with van der Waals surface area (Å²) in [7, 11) is 1.23. The monoisotopic (exact) mass is 257 g/mol. The molecule has 18 heavy (non-hydrogen) atoms. The first-order valence-corrected chi connectivity index (χ1v) is 5.77. The molecule has 6 nitrogen and oxygen atoms in total. The topological polar surface area (TPSA) is 72.9 Å². The van der Waals surface area contributed by atoms with Crippen molar-refractivity contribution in [3.8, 4) is 0 Å². The standard InChI is InChI=1S/C12H19NO5/c1-7-8(14)6-13(9(7)10(15)17-5)11(16)18-12(2,3)4/h7,9H,6H2,1-5H3/t7-,9+/m1/s1. The minimum absolute atomic E-state index is 0.115. The summed E-state index contributed by atoms with van der Waals surface area (Å²) < 4.78 is 9.79. The molecule has 1 aliphatic heterocycles. The van der Waals surface area contributed by atoms with Gasteiger partial charge in [-0.05, 0) is 20.8 Å². The van der Waals surface area contributed by atoms with Crippen LogP contribution in [-0.2, 0) is 19.1 Å². The van der Waals surface area contributed by atoms with Crippen LogP contribution in [0.25, 0.3) is 0 Å². The molecular formula is C12H19NO5. The third-order valence-electron chi connectivity index (χ3n) is 2.71. The molecule has 1 aliphatic rings. The molecule has 102 valence electrons. The van der Waals surface area contributed by atoms with Crippen molar-refractivity contribution in [2.45, 2.75) is 39.3 Å². The summed E-state index contributed by atoms with van der Waals surface area (Å²) in [5.41, 5.74) is -0.674. The van der Waals surface area contributed by atoms with Gasteiger partial charge in [-0.2, -0.15) is 0 Å². The quantitative estimate of drug-likeness (QED) is 0.655. The van der Waals surface area contributed by atoms with E-state index in [1.54, 1.807) is 27.7 Å². The Kier molecular flexibility index (Phi) is 3.98. The van der Waals surface area contributed by atoms with Gasteiger partial charge < -0.3 is 9.47 Å².